The molecule has 0 aliphatic carbocycles. The molecule has 0 bridgehead atoms. The molecule has 0 fully saturated rings. The van der Waals surface area contributed by atoms with Gasteiger partial charge in [-0.05, 0) is 66.8 Å². The molecule has 3 heterocycles. The number of fused-ring (bicyclic) bond motifs is 1. The van der Waals surface area contributed by atoms with Crippen LogP contribution in [-0.4, -0.2) is 42.0 Å². The van der Waals surface area contributed by atoms with Crippen LogP contribution in [0.3, 0.4) is 0 Å². The van der Waals surface area contributed by atoms with Gasteiger partial charge in [0.15, 0.2) is 15.0 Å². The molecule has 0 aliphatic rings. The zero-order chi connectivity index (χ0) is 23.1. The fraction of sp³-hybridized carbons (Fsp3) is 0.143. The molecular formula is C21H18IN5O4S. The molecular weight excluding hydrogens is 545 g/mol. The number of aliphatic carboxylic acids is 1. The van der Waals surface area contributed by atoms with Crippen LogP contribution < -0.4 is 5.32 Å². The number of nitrogens with zero attached hydrogens (tertiary/aromatic N) is 4. The van der Waals surface area contributed by atoms with Crippen LogP contribution in [0.15, 0.2) is 66.0 Å². The molecule has 4 aromatic rings. The largest absolute Gasteiger partial charge is 0.479 e. The second-order valence-corrected chi connectivity index (χ2v) is 11.2. The Kier molecular flexibility index (Phi) is 5.63. The summed E-state index contributed by atoms with van der Waals surface area (Å²) in [6.07, 6.45) is 4.43. The lowest BCUT2D eigenvalue weighted by Crippen LogP contribution is -2.36. The summed E-state index contributed by atoms with van der Waals surface area (Å²) < 4.78 is 26.5. The molecule has 0 saturated carbocycles. The molecule has 1 aromatic carbocycles. The summed E-state index contributed by atoms with van der Waals surface area (Å²) in [7, 11) is -3.92. The fourth-order valence-electron chi connectivity index (χ4n) is 3.07. The summed E-state index contributed by atoms with van der Waals surface area (Å²) in [6, 6.07) is 11.5. The first-order chi connectivity index (χ1) is 15.1. The van der Waals surface area contributed by atoms with E-state index < -0.39 is 19.5 Å². The molecule has 0 unspecified atom stereocenters. The van der Waals surface area contributed by atoms with Crippen LogP contribution in [-0.2, 0) is 14.8 Å². The quantitative estimate of drug-likeness (QED) is 0.207. The minimum atomic E-state index is -3.92. The standard InChI is InChI=1S/C21H18IN5O4S/c1-13-5-7-14(8-6-13)32(30,31)27-12-16(15-4-3-10-24-19(15)27)18-23-11-9-17(25-18)26-21(2,22)20(28)29/h3-12H,1-2H3,(H,28,29)(H,23,25,26)/t21-/m0/s1. The third kappa shape index (κ3) is 4.05. The molecule has 3 aromatic heterocycles. The Morgan fingerprint density at radius 2 is 1.84 bits per heavy atom. The summed E-state index contributed by atoms with van der Waals surface area (Å²) in [4.78, 5) is 24.5. The fourth-order valence-corrected chi connectivity index (χ4v) is 4.67. The van der Waals surface area contributed by atoms with Gasteiger partial charge in [0, 0.05) is 29.5 Å². The van der Waals surface area contributed by atoms with E-state index in [1.165, 1.54) is 25.5 Å². The van der Waals surface area contributed by atoms with Crippen LogP contribution in [0.5, 0.6) is 0 Å². The van der Waals surface area contributed by atoms with Gasteiger partial charge in [-0.3, -0.25) is 0 Å². The molecule has 0 aliphatic heterocycles. The molecule has 11 heteroatoms. The van der Waals surface area contributed by atoms with Crippen LogP contribution in [0.2, 0.25) is 0 Å². The number of aryl methyl sites for hydroxylation is 1. The third-order valence-electron chi connectivity index (χ3n) is 4.77. The first-order valence-electron chi connectivity index (χ1n) is 9.42. The van der Waals surface area contributed by atoms with Crippen LogP contribution in [0.4, 0.5) is 5.82 Å². The van der Waals surface area contributed by atoms with Crippen molar-refractivity contribution in [2.45, 2.75) is 22.3 Å². The van der Waals surface area contributed by atoms with Crippen molar-refractivity contribution >= 4 is 55.4 Å². The lowest BCUT2D eigenvalue weighted by molar-refractivity contribution is -0.138. The number of rotatable bonds is 6. The number of carboxylic acid groups (broad SMARTS) is 1. The van der Waals surface area contributed by atoms with Gasteiger partial charge in [-0.25, -0.2) is 32.1 Å². The van der Waals surface area contributed by atoms with E-state index in [2.05, 4.69) is 20.3 Å². The zero-order valence-electron chi connectivity index (χ0n) is 17.0. The number of hydrogen-bond donors (Lipinski definition) is 2. The summed E-state index contributed by atoms with van der Waals surface area (Å²) in [5.74, 6) is -0.521. The van der Waals surface area contributed by atoms with Crippen LogP contribution >= 0.6 is 22.6 Å². The number of carboxylic acids is 1. The van der Waals surface area contributed by atoms with Gasteiger partial charge in [0.1, 0.15) is 5.82 Å². The third-order valence-corrected chi connectivity index (χ3v) is 7.17. The number of carbonyl (C=O) groups is 1. The first-order valence-corrected chi connectivity index (χ1v) is 11.9. The van der Waals surface area contributed by atoms with E-state index in [9.17, 15) is 18.3 Å². The first kappa shape index (κ1) is 22.1. The number of hydrogen-bond acceptors (Lipinski definition) is 7. The molecule has 0 spiro atoms. The molecule has 0 amide bonds. The Balaban J connectivity index is 1.85. The topological polar surface area (TPSA) is 127 Å². The van der Waals surface area contributed by atoms with Crippen molar-refractivity contribution in [3.8, 4) is 11.4 Å². The number of benzene rings is 1. The molecule has 0 saturated heterocycles. The highest BCUT2D eigenvalue weighted by molar-refractivity contribution is 14.1. The number of halogens is 1. The SMILES string of the molecule is Cc1ccc(S(=O)(=O)n2cc(-c3nccc(N[C@](C)(I)C(=O)O)n3)c3cccnc32)cc1. The minimum absolute atomic E-state index is 0.135. The van der Waals surface area contributed by atoms with Crippen molar-refractivity contribution in [2.75, 3.05) is 5.32 Å². The van der Waals surface area contributed by atoms with E-state index in [1.807, 2.05) is 6.92 Å². The smallest absolute Gasteiger partial charge is 0.339 e. The second kappa shape index (κ2) is 8.13. The maximum absolute atomic E-state index is 13.3. The Morgan fingerprint density at radius 3 is 2.53 bits per heavy atom. The van der Waals surface area contributed by atoms with Crippen molar-refractivity contribution in [3.05, 3.63) is 66.6 Å². The number of nitrogens with one attached hydrogen (secondary N) is 1. The van der Waals surface area contributed by atoms with Crippen molar-refractivity contribution < 1.29 is 18.3 Å². The maximum Gasteiger partial charge on any atom is 0.339 e. The Labute approximate surface area is 197 Å². The molecule has 0 radical (unpaired) electrons. The van der Waals surface area contributed by atoms with Crippen LogP contribution in [0, 0.1) is 6.92 Å². The monoisotopic (exact) mass is 563 g/mol. The summed E-state index contributed by atoms with van der Waals surface area (Å²) in [5.41, 5.74) is 1.65. The van der Waals surface area contributed by atoms with Gasteiger partial charge in [-0.2, -0.15) is 0 Å². The average molecular weight is 563 g/mol. The molecule has 9 nitrogen and oxygen atoms in total. The number of aromatic nitrogens is 4. The highest BCUT2D eigenvalue weighted by Gasteiger charge is 2.30. The van der Waals surface area contributed by atoms with Gasteiger partial charge in [-0.15, -0.1) is 0 Å². The molecule has 4 rings (SSSR count). The van der Waals surface area contributed by atoms with E-state index in [-0.39, 0.29) is 16.4 Å². The number of alkyl halides is 1. The molecule has 32 heavy (non-hydrogen) atoms. The predicted molar refractivity (Wildman–Crippen MR) is 128 cm³/mol. The van der Waals surface area contributed by atoms with Crippen molar-refractivity contribution in [2.24, 2.45) is 0 Å². The minimum Gasteiger partial charge on any atom is -0.479 e. The van der Waals surface area contributed by atoms with Gasteiger partial charge in [0.25, 0.3) is 10.0 Å². The van der Waals surface area contributed by atoms with Crippen LogP contribution in [0.25, 0.3) is 22.4 Å². The second-order valence-electron chi connectivity index (χ2n) is 7.23. The zero-order valence-corrected chi connectivity index (χ0v) is 20.0. The Hall–Kier alpha value is -3.06. The highest BCUT2D eigenvalue weighted by atomic mass is 127. The maximum atomic E-state index is 13.3. The lowest BCUT2D eigenvalue weighted by Gasteiger charge is -2.19. The van der Waals surface area contributed by atoms with Gasteiger partial charge >= 0.3 is 5.97 Å². The van der Waals surface area contributed by atoms with E-state index in [0.717, 1.165) is 9.54 Å². The summed E-state index contributed by atoms with van der Waals surface area (Å²) in [6.45, 7) is 3.38. The summed E-state index contributed by atoms with van der Waals surface area (Å²) in [5, 5.41) is 12.7. The number of anilines is 1. The van der Waals surface area contributed by atoms with Crippen LogP contribution in [0.1, 0.15) is 12.5 Å². The van der Waals surface area contributed by atoms with Gasteiger partial charge in [0.05, 0.1) is 4.90 Å². The Morgan fingerprint density at radius 1 is 1.12 bits per heavy atom. The molecule has 2 N–H and O–H groups in total. The average Bonchev–Trinajstić information content (AvgIpc) is 3.14. The van der Waals surface area contributed by atoms with Gasteiger partial charge < -0.3 is 10.4 Å². The van der Waals surface area contributed by atoms with Gasteiger partial charge in [0.2, 0.25) is 0 Å². The summed E-state index contributed by atoms with van der Waals surface area (Å²) >= 11 is 1.77. The van der Waals surface area contributed by atoms with Gasteiger partial charge in [-0.1, -0.05) is 17.7 Å². The molecule has 164 valence electrons. The van der Waals surface area contributed by atoms with E-state index >= 15 is 0 Å². The Bertz CT molecular complexity index is 1430. The number of pyridine rings is 1. The normalized spacial score (nSPS) is 13.6. The van der Waals surface area contributed by atoms with E-state index in [0.29, 0.717) is 16.8 Å². The lowest BCUT2D eigenvalue weighted by atomic mass is 10.2. The van der Waals surface area contributed by atoms with E-state index in [4.69, 9.17) is 0 Å². The van der Waals surface area contributed by atoms with Crippen molar-refractivity contribution in [3.63, 3.8) is 0 Å². The predicted octanol–water partition coefficient (Wildman–Crippen LogP) is 3.69. The highest BCUT2D eigenvalue weighted by Crippen LogP contribution is 2.31. The van der Waals surface area contributed by atoms with Crippen molar-refractivity contribution in [1.82, 2.24) is 18.9 Å². The molecule has 1 atom stereocenters. The van der Waals surface area contributed by atoms with Crippen molar-refractivity contribution in [1.29, 1.82) is 0 Å². The van der Waals surface area contributed by atoms with E-state index in [1.54, 1.807) is 65.1 Å².